The summed E-state index contributed by atoms with van der Waals surface area (Å²) in [6.45, 7) is 2.61. The molecule has 9 nitrogen and oxygen atoms in total. The number of anilines is 1. The molecule has 0 saturated carbocycles. The highest BCUT2D eigenvalue weighted by atomic mass is 16.5. The van der Waals surface area contributed by atoms with E-state index in [2.05, 4.69) is 5.32 Å². The van der Waals surface area contributed by atoms with E-state index in [-0.39, 0.29) is 26.1 Å². The molecule has 146 valence electrons. The van der Waals surface area contributed by atoms with Gasteiger partial charge in [0.15, 0.2) is 0 Å². The van der Waals surface area contributed by atoms with E-state index in [0.717, 1.165) is 4.90 Å². The third kappa shape index (κ3) is 4.89. The first-order chi connectivity index (χ1) is 13.0. The summed E-state index contributed by atoms with van der Waals surface area (Å²) in [6.07, 6.45) is 0.584. The minimum absolute atomic E-state index is 0.0284. The number of benzene rings is 1. The van der Waals surface area contributed by atoms with Crippen molar-refractivity contribution in [1.82, 2.24) is 10.2 Å². The molecule has 0 aromatic heterocycles. The molecule has 1 aromatic carbocycles. The second-order valence-corrected chi connectivity index (χ2v) is 6.04. The number of hydrogen-bond acceptors (Lipinski definition) is 7. The zero-order valence-electron chi connectivity index (χ0n) is 15.1. The molecule has 9 heteroatoms. The zero-order valence-corrected chi connectivity index (χ0v) is 15.1. The van der Waals surface area contributed by atoms with E-state index in [0.29, 0.717) is 36.4 Å². The highest BCUT2D eigenvalue weighted by Gasteiger charge is 2.40. The summed E-state index contributed by atoms with van der Waals surface area (Å²) in [5.41, 5.74) is 1.14. The largest absolute Gasteiger partial charge is 0.394 e. The molecule has 0 aliphatic carbocycles. The predicted molar refractivity (Wildman–Crippen MR) is 96.2 cm³/mol. The van der Waals surface area contributed by atoms with Gasteiger partial charge in [0.2, 0.25) is 12.3 Å². The van der Waals surface area contributed by atoms with Crippen molar-refractivity contribution in [2.24, 2.45) is 0 Å². The molecule has 1 atom stereocenters. The Morgan fingerprint density at radius 3 is 2.78 bits per heavy atom. The fourth-order valence-corrected chi connectivity index (χ4v) is 2.88. The van der Waals surface area contributed by atoms with Gasteiger partial charge in [-0.25, -0.2) is 0 Å². The van der Waals surface area contributed by atoms with Crippen LogP contribution in [0.3, 0.4) is 0 Å². The number of imide groups is 2. The highest BCUT2D eigenvalue weighted by molar-refractivity contribution is 6.23. The van der Waals surface area contributed by atoms with E-state index in [1.54, 1.807) is 25.1 Å². The van der Waals surface area contributed by atoms with E-state index in [1.165, 1.54) is 0 Å². The van der Waals surface area contributed by atoms with Crippen LogP contribution < -0.4 is 10.6 Å². The van der Waals surface area contributed by atoms with Gasteiger partial charge in [-0.15, -0.1) is 0 Å². The third-order valence-electron chi connectivity index (χ3n) is 4.19. The minimum atomic E-state index is -0.490. The van der Waals surface area contributed by atoms with Crippen molar-refractivity contribution < 1.29 is 29.0 Å². The maximum absolute atomic E-state index is 12.8. The van der Waals surface area contributed by atoms with Crippen LogP contribution in [0.2, 0.25) is 0 Å². The summed E-state index contributed by atoms with van der Waals surface area (Å²) in [7, 11) is 0. The van der Waals surface area contributed by atoms with Gasteiger partial charge in [-0.3, -0.25) is 29.4 Å². The van der Waals surface area contributed by atoms with Crippen molar-refractivity contribution in [2.75, 3.05) is 31.7 Å². The van der Waals surface area contributed by atoms with Crippen molar-refractivity contribution in [1.29, 1.82) is 0 Å². The monoisotopic (exact) mass is 377 g/mol. The molecule has 0 radical (unpaired) electrons. The van der Waals surface area contributed by atoms with Gasteiger partial charge in [0.05, 0.1) is 30.9 Å². The minimum Gasteiger partial charge on any atom is -0.394 e. The summed E-state index contributed by atoms with van der Waals surface area (Å²) in [5.74, 6) is -1.28. The molecule has 0 saturated heterocycles. The Balaban J connectivity index is 2.06. The topological polar surface area (TPSA) is 125 Å². The van der Waals surface area contributed by atoms with Crippen molar-refractivity contribution in [3.63, 3.8) is 0 Å². The number of aliphatic hydroxyl groups is 1. The molecule has 1 aliphatic heterocycles. The number of nitrogens with one attached hydrogen (secondary N) is 2. The quantitative estimate of drug-likeness (QED) is 0.285. The number of fused-ring (bicyclic) bond motifs is 1. The highest BCUT2D eigenvalue weighted by Crippen LogP contribution is 2.31. The van der Waals surface area contributed by atoms with Gasteiger partial charge in [-0.1, -0.05) is 6.07 Å². The Morgan fingerprint density at radius 1 is 1.30 bits per heavy atom. The van der Waals surface area contributed by atoms with E-state index < -0.39 is 23.8 Å². The molecule has 0 bridgehead atoms. The van der Waals surface area contributed by atoms with Crippen LogP contribution in [-0.2, 0) is 14.3 Å². The van der Waals surface area contributed by atoms with E-state index >= 15 is 0 Å². The van der Waals surface area contributed by atoms with E-state index in [9.17, 15) is 19.2 Å². The van der Waals surface area contributed by atoms with Gasteiger partial charge in [0, 0.05) is 24.7 Å². The lowest BCUT2D eigenvalue weighted by Crippen LogP contribution is -2.38. The standard InChI is InChI=1S/C18H23N3O6/c1-12(5-6-15(24)20-11-23)21-17(25)13-3-2-4-14(16(13)18(21)26)19-7-9-27-10-8-22/h2-4,11-12,19,22H,5-10H2,1H3,(H,20,23,24). The fourth-order valence-electron chi connectivity index (χ4n) is 2.88. The fraction of sp³-hybridized carbons (Fsp3) is 0.444. The Morgan fingerprint density at radius 2 is 2.07 bits per heavy atom. The van der Waals surface area contributed by atoms with Crippen LogP contribution in [0.25, 0.3) is 0 Å². The number of aliphatic hydroxyl groups excluding tert-OH is 1. The Hall–Kier alpha value is -2.78. The lowest BCUT2D eigenvalue weighted by Gasteiger charge is -2.22. The van der Waals surface area contributed by atoms with Gasteiger partial charge in [-0.2, -0.15) is 0 Å². The molecule has 1 unspecified atom stereocenters. The van der Waals surface area contributed by atoms with Crippen molar-refractivity contribution in [2.45, 2.75) is 25.8 Å². The van der Waals surface area contributed by atoms with E-state index in [4.69, 9.17) is 9.84 Å². The third-order valence-corrected chi connectivity index (χ3v) is 4.19. The van der Waals surface area contributed by atoms with Crippen molar-refractivity contribution in [3.8, 4) is 0 Å². The number of nitrogens with zero attached hydrogens (tertiary/aromatic N) is 1. The summed E-state index contributed by atoms with van der Waals surface area (Å²) in [6, 6.07) is 4.50. The first-order valence-electron chi connectivity index (χ1n) is 8.67. The maximum atomic E-state index is 12.8. The average molecular weight is 377 g/mol. The SMILES string of the molecule is CC(CCC(=O)NC=O)N1C(=O)c2cccc(NCCOCCO)c2C1=O. The number of hydrogen-bond donors (Lipinski definition) is 3. The molecule has 3 N–H and O–H groups in total. The number of carbonyl (C=O) groups excluding carboxylic acids is 4. The molecule has 1 aliphatic rings. The molecule has 4 amide bonds. The maximum Gasteiger partial charge on any atom is 0.263 e. The van der Waals surface area contributed by atoms with Crippen molar-refractivity contribution in [3.05, 3.63) is 29.3 Å². The number of rotatable bonds is 11. The lowest BCUT2D eigenvalue weighted by atomic mass is 10.1. The second kappa shape index (κ2) is 9.79. The zero-order chi connectivity index (χ0) is 19.8. The number of carbonyl (C=O) groups is 4. The molecule has 1 aromatic rings. The lowest BCUT2D eigenvalue weighted by molar-refractivity contribution is -0.125. The second-order valence-electron chi connectivity index (χ2n) is 6.04. The molecule has 27 heavy (non-hydrogen) atoms. The first kappa shape index (κ1) is 20.5. The van der Waals surface area contributed by atoms with Crippen LogP contribution in [0, 0.1) is 0 Å². The summed E-state index contributed by atoms with van der Waals surface area (Å²) in [4.78, 5) is 48.3. The normalized spacial score (nSPS) is 14.1. The average Bonchev–Trinajstić information content (AvgIpc) is 2.91. The molecule has 2 rings (SSSR count). The molecule has 0 spiro atoms. The first-order valence-corrected chi connectivity index (χ1v) is 8.67. The van der Waals surface area contributed by atoms with Gasteiger partial charge < -0.3 is 15.2 Å². The van der Waals surface area contributed by atoms with Crippen LogP contribution in [0.1, 0.15) is 40.5 Å². The summed E-state index contributed by atoms with van der Waals surface area (Å²) in [5, 5.41) is 13.8. The Kier molecular flexibility index (Phi) is 7.44. The van der Waals surface area contributed by atoms with Crippen LogP contribution in [0.5, 0.6) is 0 Å². The van der Waals surface area contributed by atoms with Crippen molar-refractivity contribution >= 4 is 29.8 Å². The van der Waals surface area contributed by atoms with Crippen LogP contribution >= 0.6 is 0 Å². The van der Waals surface area contributed by atoms with Gasteiger partial charge in [0.1, 0.15) is 0 Å². The molecular weight excluding hydrogens is 354 g/mol. The molecule has 0 fully saturated rings. The van der Waals surface area contributed by atoms with Gasteiger partial charge in [-0.05, 0) is 25.5 Å². The van der Waals surface area contributed by atoms with Gasteiger partial charge in [0.25, 0.3) is 11.8 Å². The van der Waals surface area contributed by atoms with E-state index in [1.807, 2.05) is 5.32 Å². The Bertz CT molecular complexity index is 721. The summed E-state index contributed by atoms with van der Waals surface area (Å²) < 4.78 is 5.17. The van der Waals surface area contributed by atoms with Crippen LogP contribution in [-0.4, -0.2) is 66.5 Å². The predicted octanol–water partition coefficient (Wildman–Crippen LogP) is 0.145. The molecule has 1 heterocycles. The number of ether oxygens (including phenoxy) is 1. The van der Waals surface area contributed by atoms with Crippen LogP contribution in [0.4, 0.5) is 5.69 Å². The molecular formula is C18H23N3O6. The Labute approximate surface area is 156 Å². The smallest absolute Gasteiger partial charge is 0.263 e. The van der Waals surface area contributed by atoms with Gasteiger partial charge >= 0.3 is 0 Å². The summed E-state index contributed by atoms with van der Waals surface area (Å²) >= 11 is 0. The van der Waals surface area contributed by atoms with Crippen LogP contribution in [0.15, 0.2) is 18.2 Å². The number of amides is 4.